The first-order valence-electron chi connectivity index (χ1n) is 12.1. The van der Waals surface area contributed by atoms with Crippen LogP contribution in [0.3, 0.4) is 0 Å². The molecular weight excluding hydrogens is 487 g/mol. The van der Waals surface area contributed by atoms with Crippen molar-refractivity contribution >= 4 is 33.9 Å². The average Bonchev–Trinajstić information content (AvgIpc) is 3.38. The van der Waals surface area contributed by atoms with E-state index in [0.29, 0.717) is 40.4 Å². The molecule has 37 heavy (non-hydrogen) atoms. The fraction of sp³-hybridized carbons (Fsp3) is 0.440. The van der Waals surface area contributed by atoms with Gasteiger partial charge in [-0.3, -0.25) is 4.79 Å². The van der Waals surface area contributed by atoms with Gasteiger partial charge in [-0.1, -0.05) is 6.92 Å². The number of anilines is 1. The van der Waals surface area contributed by atoms with Crippen LogP contribution >= 0.6 is 0 Å². The van der Waals surface area contributed by atoms with Gasteiger partial charge in [-0.05, 0) is 44.4 Å². The molecule has 0 bridgehead atoms. The zero-order valence-electron chi connectivity index (χ0n) is 21.0. The predicted molar refractivity (Wildman–Crippen MR) is 133 cm³/mol. The number of imidazole rings is 1. The van der Waals surface area contributed by atoms with Crippen LogP contribution in [0.1, 0.15) is 38.9 Å². The molecule has 5 rings (SSSR count). The summed E-state index contributed by atoms with van der Waals surface area (Å²) in [7, 11) is 1.48. The monoisotopic (exact) mass is 515 g/mol. The van der Waals surface area contributed by atoms with Gasteiger partial charge in [0.05, 0.1) is 24.6 Å². The molecule has 3 N–H and O–H groups in total. The fourth-order valence-electron chi connectivity index (χ4n) is 5.10. The molecule has 3 heterocycles. The second-order valence-corrected chi connectivity index (χ2v) is 9.68. The van der Waals surface area contributed by atoms with E-state index >= 15 is 0 Å². The number of alkyl halides is 2. The number of hydrogen-bond acceptors (Lipinski definition) is 6. The van der Waals surface area contributed by atoms with Crippen molar-refractivity contribution in [2.24, 2.45) is 0 Å². The minimum atomic E-state index is -2.60. The van der Waals surface area contributed by atoms with Crippen molar-refractivity contribution in [3.05, 3.63) is 30.0 Å². The average molecular weight is 516 g/mol. The van der Waals surface area contributed by atoms with Crippen LogP contribution in [0.2, 0.25) is 0 Å². The summed E-state index contributed by atoms with van der Waals surface area (Å²) in [5.41, 5.74) is 1.55. The summed E-state index contributed by atoms with van der Waals surface area (Å²) in [6.45, 7) is 4.81. The van der Waals surface area contributed by atoms with E-state index in [0.717, 1.165) is 12.8 Å². The number of carbonyl (C=O) groups excluding carboxylic acids is 1. The van der Waals surface area contributed by atoms with Gasteiger partial charge in [-0.25, -0.2) is 18.2 Å². The van der Waals surface area contributed by atoms with Crippen LogP contribution < -0.4 is 15.4 Å². The first kappa shape index (κ1) is 24.8. The Morgan fingerprint density at radius 3 is 2.73 bits per heavy atom. The number of aromatic nitrogens is 5. The number of ether oxygens (including phenoxy) is 1. The predicted octanol–water partition coefficient (Wildman–Crippen LogP) is 4.56. The summed E-state index contributed by atoms with van der Waals surface area (Å²) in [6.07, 6.45) is 0.942. The molecule has 0 unspecified atom stereocenters. The number of H-pyrrole nitrogens is 1. The first-order chi connectivity index (χ1) is 17.6. The molecule has 0 atom stereocenters. The van der Waals surface area contributed by atoms with E-state index in [1.807, 2.05) is 13.8 Å². The summed E-state index contributed by atoms with van der Waals surface area (Å²) in [5, 5.41) is 6.86. The third kappa shape index (κ3) is 4.56. The summed E-state index contributed by atoms with van der Waals surface area (Å²) in [6, 6.07) is 3.03. The van der Waals surface area contributed by atoms with Crippen molar-refractivity contribution in [2.75, 3.05) is 12.4 Å². The van der Waals surface area contributed by atoms with Crippen LogP contribution in [-0.2, 0) is 11.3 Å². The summed E-state index contributed by atoms with van der Waals surface area (Å²) in [4.78, 5) is 28.1. The van der Waals surface area contributed by atoms with Crippen molar-refractivity contribution in [2.45, 2.75) is 64.6 Å². The van der Waals surface area contributed by atoms with E-state index in [1.165, 1.54) is 17.7 Å². The van der Waals surface area contributed by atoms with Crippen LogP contribution in [-0.4, -0.2) is 55.5 Å². The number of methoxy groups -OCH3 is 1. The van der Waals surface area contributed by atoms with E-state index in [1.54, 1.807) is 19.2 Å². The van der Waals surface area contributed by atoms with E-state index in [4.69, 9.17) is 4.74 Å². The number of hydrogen-bond donors (Lipinski definition) is 3. The Morgan fingerprint density at radius 1 is 1.30 bits per heavy atom. The standard InChI is InChI=1S/C25H28F3N7O2/c1-5-19(36)34-25(3)8-14(9-25)31-24-32-22-20(23(33-24)37-4)15(10-29-22)13-6-16(26)21-17(7-13)35(11-18(27)28)12(2)30-21/h6-7,10,14,18H,5,8-9,11H2,1-4H3,(H,34,36)(H2,29,31,32,33). The molecule has 0 radical (unpaired) electrons. The Kier molecular flexibility index (Phi) is 6.20. The normalized spacial score (nSPS) is 19.4. The highest BCUT2D eigenvalue weighted by Crippen LogP contribution is 2.38. The van der Waals surface area contributed by atoms with E-state index in [-0.39, 0.29) is 34.4 Å². The van der Waals surface area contributed by atoms with Gasteiger partial charge in [-0.2, -0.15) is 9.97 Å². The molecule has 1 saturated carbocycles. The molecule has 12 heteroatoms. The maximum atomic E-state index is 15.0. The lowest BCUT2D eigenvalue weighted by molar-refractivity contribution is -0.123. The van der Waals surface area contributed by atoms with Crippen molar-refractivity contribution in [3.63, 3.8) is 0 Å². The number of aryl methyl sites for hydroxylation is 1. The third-order valence-electron chi connectivity index (χ3n) is 6.81. The molecular formula is C25H28F3N7O2. The smallest absolute Gasteiger partial charge is 0.256 e. The number of carbonyl (C=O) groups is 1. The Labute approximate surface area is 210 Å². The molecule has 9 nitrogen and oxygen atoms in total. The van der Waals surface area contributed by atoms with Gasteiger partial charge in [0.1, 0.15) is 17.0 Å². The molecule has 1 aliphatic carbocycles. The summed E-state index contributed by atoms with van der Waals surface area (Å²) >= 11 is 0. The van der Waals surface area contributed by atoms with E-state index < -0.39 is 18.8 Å². The third-order valence-corrected chi connectivity index (χ3v) is 6.81. The first-order valence-corrected chi connectivity index (χ1v) is 12.1. The molecule has 0 aliphatic heterocycles. The van der Waals surface area contributed by atoms with Gasteiger partial charge in [0.25, 0.3) is 6.43 Å². The van der Waals surface area contributed by atoms with Gasteiger partial charge >= 0.3 is 0 Å². The van der Waals surface area contributed by atoms with Crippen LogP contribution in [0, 0.1) is 12.7 Å². The molecule has 0 spiro atoms. The topological polar surface area (TPSA) is 110 Å². The van der Waals surface area contributed by atoms with Crippen molar-refractivity contribution < 1.29 is 22.7 Å². The number of halogens is 3. The van der Waals surface area contributed by atoms with Gasteiger partial charge in [0.15, 0.2) is 5.82 Å². The van der Waals surface area contributed by atoms with Crippen molar-refractivity contribution in [1.82, 2.24) is 29.8 Å². The largest absolute Gasteiger partial charge is 0.480 e. The van der Waals surface area contributed by atoms with E-state index in [2.05, 4.69) is 30.6 Å². The minimum Gasteiger partial charge on any atom is -0.480 e. The Bertz CT molecular complexity index is 1490. The maximum absolute atomic E-state index is 15.0. The Balaban J connectivity index is 1.47. The second kappa shape index (κ2) is 9.24. The zero-order valence-corrected chi connectivity index (χ0v) is 21.0. The highest BCUT2D eigenvalue weighted by molar-refractivity contribution is 5.99. The molecule has 1 amide bonds. The van der Waals surface area contributed by atoms with Crippen molar-refractivity contribution in [3.8, 4) is 17.0 Å². The van der Waals surface area contributed by atoms with Gasteiger partial charge < -0.3 is 24.9 Å². The fourth-order valence-corrected chi connectivity index (χ4v) is 5.10. The summed E-state index contributed by atoms with van der Waals surface area (Å²) < 4.78 is 48.2. The van der Waals surface area contributed by atoms with Crippen LogP contribution in [0.4, 0.5) is 19.1 Å². The number of fused-ring (bicyclic) bond motifs is 2. The molecule has 1 aromatic carbocycles. The highest BCUT2D eigenvalue weighted by Gasteiger charge is 2.41. The lowest BCUT2D eigenvalue weighted by Gasteiger charge is -2.45. The maximum Gasteiger partial charge on any atom is 0.256 e. The Hall–Kier alpha value is -3.83. The number of benzene rings is 1. The van der Waals surface area contributed by atoms with Crippen LogP contribution in [0.5, 0.6) is 5.88 Å². The molecule has 3 aromatic heterocycles. The number of aromatic amines is 1. The quantitative estimate of drug-likeness (QED) is 0.318. The van der Waals surface area contributed by atoms with Crippen LogP contribution in [0.15, 0.2) is 18.3 Å². The molecule has 0 saturated heterocycles. The number of amides is 1. The Morgan fingerprint density at radius 2 is 2.05 bits per heavy atom. The zero-order chi connectivity index (χ0) is 26.5. The molecule has 196 valence electrons. The minimum absolute atomic E-state index is 0.0150. The second-order valence-electron chi connectivity index (χ2n) is 9.68. The molecule has 1 aliphatic rings. The van der Waals surface area contributed by atoms with Crippen molar-refractivity contribution in [1.29, 1.82) is 0 Å². The lowest BCUT2D eigenvalue weighted by atomic mass is 9.74. The molecule has 1 fully saturated rings. The van der Waals surface area contributed by atoms with Crippen LogP contribution in [0.25, 0.3) is 33.2 Å². The number of nitrogens with zero attached hydrogens (tertiary/aromatic N) is 4. The molecule has 4 aromatic rings. The SMILES string of the molecule is CCC(=O)NC1(C)CC(Nc2nc(OC)c3c(-c4cc(F)c5nc(C)n(CC(F)F)c5c4)c[nH]c3n2)C1. The number of nitrogens with one attached hydrogen (secondary N) is 3. The van der Waals surface area contributed by atoms with Gasteiger partial charge in [0.2, 0.25) is 17.7 Å². The summed E-state index contributed by atoms with van der Waals surface area (Å²) in [5.74, 6) is 0.352. The highest BCUT2D eigenvalue weighted by atomic mass is 19.3. The van der Waals surface area contributed by atoms with E-state index in [9.17, 15) is 18.0 Å². The lowest BCUT2D eigenvalue weighted by Crippen LogP contribution is -2.59. The number of rotatable bonds is 8. The van der Waals surface area contributed by atoms with Gasteiger partial charge in [0, 0.05) is 29.8 Å². The van der Waals surface area contributed by atoms with Gasteiger partial charge in [-0.15, -0.1) is 0 Å².